The molecule has 2 rings (SSSR count). The van der Waals surface area contributed by atoms with Gasteiger partial charge in [0.15, 0.2) is 15.4 Å². The van der Waals surface area contributed by atoms with Crippen molar-refractivity contribution in [3.05, 3.63) is 60.2 Å². The van der Waals surface area contributed by atoms with Crippen molar-refractivity contribution in [2.24, 2.45) is 0 Å². The van der Waals surface area contributed by atoms with Crippen LogP contribution in [0.2, 0.25) is 0 Å². The lowest BCUT2D eigenvalue weighted by molar-refractivity contribution is -0.137. The Morgan fingerprint density at radius 3 is 2.27 bits per heavy atom. The molecule has 0 aliphatic heterocycles. The van der Waals surface area contributed by atoms with Crippen molar-refractivity contribution < 1.29 is 31.5 Å². The van der Waals surface area contributed by atoms with Gasteiger partial charge in [-0.1, -0.05) is 24.3 Å². The molecule has 9 heteroatoms. The monoisotopic (exact) mass is 387 g/mol. The first-order chi connectivity index (χ1) is 11.9. The predicted octanol–water partition coefficient (Wildman–Crippen LogP) is 2.87. The molecule has 0 saturated heterocycles. The van der Waals surface area contributed by atoms with Gasteiger partial charge in [0.2, 0.25) is 0 Å². The Balaban J connectivity index is 2.18. The minimum Gasteiger partial charge on any atom is -0.379 e. The van der Waals surface area contributed by atoms with E-state index in [1.54, 1.807) is 6.07 Å². The van der Waals surface area contributed by atoms with Crippen LogP contribution in [0.25, 0.3) is 0 Å². The van der Waals surface area contributed by atoms with E-state index in [1.165, 1.54) is 30.3 Å². The molecule has 2 aromatic carbocycles. The highest BCUT2D eigenvalue weighted by Crippen LogP contribution is 2.31. The standard InChI is InChI=1S/C17H16F3NO4S/c1-16(23,11-26(24,25)14-8-3-2-4-9-14)15(22)21-13-7-5-6-12(10-13)17(18,19)20/h2-10,23H,11H2,1H3,(H,21,22)/t16-/m1/s1. The Morgan fingerprint density at radius 1 is 1.08 bits per heavy atom. The highest BCUT2D eigenvalue weighted by Gasteiger charge is 2.37. The van der Waals surface area contributed by atoms with Crippen molar-refractivity contribution in [3.8, 4) is 0 Å². The van der Waals surface area contributed by atoms with Crippen molar-refractivity contribution in [1.82, 2.24) is 0 Å². The van der Waals surface area contributed by atoms with Gasteiger partial charge in [0.05, 0.1) is 16.2 Å². The Labute approximate surface area is 148 Å². The lowest BCUT2D eigenvalue weighted by Crippen LogP contribution is -2.45. The summed E-state index contributed by atoms with van der Waals surface area (Å²) in [5.74, 6) is -2.05. The van der Waals surface area contributed by atoms with E-state index in [-0.39, 0.29) is 10.6 Å². The summed E-state index contributed by atoms with van der Waals surface area (Å²) in [4.78, 5) is 12.1. The van der Waals surface area contributed by atoms with E-state index >= 15 is 0 Å². The van der Waals surface area contributed by atoms with Crippen LogP contribution < -0.4 is 5.32 Å². The molecule has 5 nitrogen and oxygen atoms in total. The number of rotatable bonds is 5. The Kier molecular flexibility index (Phi) is 5.43. The van der Waals surface area contributed by atoms with Crippen molar-refractivity contribution in [2.75, 3.05) is 11.1 Å². The average molecular weight is 387 g/mol. The van der Waals surface area contributed by atoms with Gasteiger partial charge in [-0.05, 0) is 37.3 Å². The van der Waals surface area contributed by atoms with Crippen molar-refractivity contribution in [3.63, 3.8) is 0 Å². The zero-order valence-electron chi connectivity index (χ0n) is 13.6. The molecular weight excluding hydrogens is 371 g/mol. The molecule has 0 spiro atoms. The molecule has 0 fully saturated rings. The van der Waals surface area contributed by atoms with Gasteiger partial charge in [0.25, 0.3) is 5.91 Å². The van der Waals surface area contributed by atoms with Gasteiger partial charge >= 0.3 is 6.18 Å². The minimum absolute atomic E-state index is 0.0767. The molecule has 2 N–H and O–H groups in total. The fraction of sp³-hybridized carbons (Fsp3) is 0.235. The molecule has 26 heavy (non-hydrogen) atoms. The normalized spacial score (nSPS) is 14.5. The molecule has 140 valence electrons. The average Bonchev–Trinajstić information content (AvgIpc) is 2.54. The summed E-state index contributed by atoms with van der Waals surface area (Å²) < 4.78 is 62.7. The second-order valence-corrected chi connectivity index (χ2v) is 7.87. The van der Waals surface area contributed by atoms with Gasteiger partial charge in [-0.15, -0.1) is 0 Å². The van der Waals surface area contributed by atoms with Crippen molar-refractivity contribution >= 4 is 21.4 Å². The zero-order chi connectivity index (χ0) is 19.6. The minimum atomic E-state index is -4.60. The number of carbonyl (C=O) groups is 1. The molecule has 0 unspecified atom stereocenters. The first-order valence-corrected chi connectivity index (χ1v) is 9.06. The lowest BCUT2D eigenvalue weighted by Gasteiger charge is -2.22. The van der Waals surface area contributed by atoms with Crippen LogP contribution in [-0.2, 0) is 20.8 Å². The molecule has 0 bridgehead atoms. The van der Waals surface area contributed by atoms with E-state index in [4.69, 9.17) is 0 Å². The number of benzene rings is 2. The van der Waals surface area contributed by atoms with Crippen LogP contribution in [0.5, 0.6) is 0 Å². The summed E-state index contributed by atoms with van der Waals surface area (Å²) in [6, 6.07) is 11.0. The number of aliphatic hydroxyl groups is 1. The Bertz CT molecular complexity index is 894. The summed E-state index contributed by atoms with van der Waals surface area (Å²) in [6.07, 6.45) is -4.60. The quantitative estimate of drug-likeness (QED) is 0.826. The fourth-order valence-electron chi connectivity index (χ4n) is 2.19. The molecular formula is C17H16F3NO4S. The summed E-state index contributed by atoms with van der Waals surface area (Å²) >= 11 is 0. The van der Waals surface area contributed by atoms with Crippen LogP contribution in [0, 0.1) is 0 Å². The zero-order valence-corrected chi connectivity index (χ0v) is 14.4. The van der Waals surface area contributed by atoms with E-state index in [0.717, 1.165) is 19.1 Å². The van der Waals surface area contributed by atoms with Crippen LogP contribution in [0.15, 0.2) is 59.5 Å². The number of amides is 1. The number of sulfone groups is 1. The maximum atomic E-state index is 12.7. The highest BCUT2D eigenvalue weighted by molar-refractivity contribution is 7.91. The number of hydrogen-bond acceptors (Lipinski definition) is 4. The van der Waals surface area contributed by atoms with E-state index in [2.05, 4.69) is 5.32 Å². The van der Waals surface area contributed by atoms with E-state index in [0.29, 0.717) is 6.07 Å². The molecule has 0 heterocycles. The fourth-order valence-corrected chi connectivity index (χ4v) is 3.80. The Hall–Kier alpha value is -2.39. The molecule has 0 aromatic heterocycles. The van der Waals surface area contributed by atoms with Gasteiger partial charge in [-0.25, -0.2) is 8.42 Å². The van der Waals surface area contributed by atoms with Crippen molar-refractivity contribution in [2.45, 2.75) is 23.6 Å². The number of hydrogen-bond donors (Lipinski definition) is 2. The maximum Gasteiger partial charge on any atom is 0.416 e. The predicted molar refractivity (Wildman–Crippen MR) is 89.2 cm³/mol. The number of halogens is 3. The Morgan fingerprint density at radius 2 is 1.69 bits per heavy atom. The molecule has 0 aliphatic rings. The highest BCUT2D eigenvalue weighted by atomic mass is 32.2. The topological polar surface area (TPSA) is 83.5 Å². The summed E-state index contributed by atoms with van der Waals surface area (Å²) in [7, 11) is -3.98. The summed E-state index contributed by atoms with van der Waals surface area (Å²) in [5.41, 5.74) is -3.53. The van der Waals surface area contributed by atoms with Crippen LogP contribution in [0.1, 0.15) is 12.5 Å². The largest absolute Gasteiger partial charge is 0.416 e. The van der Waals surface area contributed by atoms with Crippen LogP contribution in [-0.4, -0.2) is 30.8 Å². The molecule has 0 aliphatic carbocycles. The molecule has 0 radical (unpaired) electrons. The third kappa shape index (κ3) is 4.83. The van der Waals surface area contributed by atoms with Gasteiger partial charge in [-0.3, -0.25) is 4.79 Å². The van der Waals surface area contributed by atoms with Gasteiger partial charge in [0.1, 0.15) is 0 Å². The van der Waals surface area contributed by atoms with Crippen LogP contribution in [0.4, 0.5) is 18.9 Å². The van der Waals surface area contributed by atoms with Crippen LogP contribution in [0.3, 0.4) is 0 Å². The molecule has 1 atom stereocenters. The maximum absolute atomic E-state index is 12.7. The lowest BCUT2D eigenvalue weighted by atomic mass is 10.1. The number of anilines is 1. The van der Waals surface area contributed by atoms with Gasteiger partial charge in [0, 0.05) is 5.69 Å². The van der Waals surface area contributed by atoms with E-state index in [1.807, 2.05) is 0 Å². The third-order valence-corrected chi connectivity index (χ3v) is 5.44. The van der Waals surface area contributed by atoms with E-state index in [9.17, 15) is 31.5 Å². The number of alkyl halides is 3. The molecule has 2 aromatic rings. The second-order valence-electron chi connectivity index (χ2n) is 5.88. The SMILES string of the molecule is C[C@@](O)(CS(=O)(=O)c1ccccc1)C(=O)Nc1cccc(C(F)(F)F)c1. The number of nitrogens with one attached hydrogen (secondary N) is 1. The second kappa shape index (κ2) is 7.08. The van der Waals surface area contributed by atoms with Crippen molar-refractivity contribution in [1.29, 1.82) is 0 Å². The summed E-state index contributed by atoms with van der Waals surface area (Å²) in [5, 5.41) is 12.4. The summed E-state index contributed by atoms with van der Waals surface area (Å²) in [6.45, 7) is 0.983. The molecule has 1 amide bonds. The van der Waals surface area contributed by atoms with Gasteiger partial charge < -0.3 is 10.4 Å². The first kappa shape index (κ1) is 19.9. The van der Waals surface area contributed by atoms with Crippen LogP contribution >= 0.6 is 0 Å². The van der Waals surface area contributed by atoms with Gasteiger partial charge in [-0.2, -0.15) is 13.2 Å². The smallest absolute Gasteiger partial charge is 0.379 e. The van der Waals surface area contributed by atoms with E-state index < -0.39 is 38.8 Å². The first-order valence-electron chi connectivity index (χ1n) is 7.41. The number of carbonyl (C=O) groups excluding carboxylic acids is 1. The third-order valence-electron chi connectivity index (χ3n) is 3.51. The molecule has 0 saturated carbocycles.